The topological polar surface area (TPSA) is 113 Å². The van der Waals surface area contributed by atoms with Gasteiger partial charge < -0.3 is 24.6 Å². The zero-order chi connectivity index (χ0) is 30.6. The first kappa shape index (κ1) is 31.8. The first-order valence-electron chi connectivity index (χ1n) is 15.5. The highest BCUT2D eigenvalue weighted by molar-refractivity contribution is 8.00. The number of amides is 1. The van der Waals surface area contributed by atoms with E-state index in [0.717, 1.165) is 28.8 Å². The maximum Gasteiger partial charge on any atom is 0.261 e. The first-order valence-corrected chi connectivity index (χ1v) is 17.2. The average molecular weight is 633 g/mol. The van der Waals surface area contributed by atoms with Crippen LogP contribution in [0.25, 0.3) is 22.2 Å². The number of phenols is 1. The molecule has 0 unspecified atom stereocenters. The molecule has 3 aromatic carbocycles. The molecule has 0 bridgehead atoms. The minimum Gasteiger partial charge on any atom is -0.507 e. The van der Waals surface area contributed by atoms with Crippen LogP contribution < -0.4 is 10.6 Å². The molecule has 10 heteroatoms. The molecule has 0 aliphatic heterocycles. The number of para-hydroxylation sites is 4. The van der Waals surface area contributed by atoms with Crippen molar-refractivity contribution in [3.8, 4) is 5.75 Å². The number of aromatic hydroxyl groups is 1. The van der Waals surface area contributed by atoms with Gasteiger partial charge in [-0.05, 0) is 60.3 Å². The number of rotatable bonds is 18. The van der Waals surface area contributed by atoms with Crippen LogP contribution in [-0.2, 0) is 4.79 Å². The molecular weight excluding hydrogens is 593 g/mol. The lowest BCUT2D eigenvalue weighted by Crippen LogP contribution is -2.30. The number of aromatic nitrogens is 2. The first-order chi connectivity index (χ1) is 21.6. The van der Waals surface area contributed by atoms with Crippen LogP contribution in [0.5, 0.6) is 5.75 Å². The van der Waals surface area contributed by atoms with E-state index in [1.165, 1.54) is 74.9 Å². The molecule has 0 saturated carbocycles. The second kappa shape index (κ2) is 16.4. The van der Waals surface area contributed by atoms with Gasteiger partial charge in [0.05, 0.1) is 17.1 Å². The second-order valence-corrected chi connectivity index (χ2v) is 12.8. The van der Waals surface area contributed by atoms with Gasteiger partial charge in [-0.2, -0.15) is 0 Å². The monoisotopic (exact) mass is 632 g/mol. The molecule has 0 aliphatic rings. The third-order valence-electron chi connectivity index (χ3n) is 7.30. The molecule has 3 N–H and O–H groups in total. The summed E-state index contributed by atoms with van der Waals surface area (Å²) in [6.45, 7) is 2.99. The fourth-order valence-corrected chi connectivity index (χ4v) is 6.67. The van der Waals surface area contributed by atoms with Crippen LogP contribution in [0.3, 0.4) is 0 Å². The van der Waals surface area contributed by atoms with Crippen molar-refractivity contribution in [1.29, 1.82) is 0 Å². The van der Waals surface area contributed by atoms with Crippen LogP contribution in [-0.4, -0.2) is 34.1 Å². The van der Waals surface area contributed by atoms with Gasteiger partial charge in [0.25, 0.3) is 10.4 Å². The molecule has 0 atom stereocenters. The van der Waals surface area contributed by atoms with E-state index in [-0.39, 0.29) is 18.2 Å². The quantitative estimate of drug-likeness (QED) is 0.0813. The van der Waals surface area contributed by atoms with E-state index in [1.54, 1.807) is 6.07 Å². The van der Waals surface area contributed by atoms with Gasteiger partial charge in [0.15, 0.2) is 11.2 Å². The largest absolute Gasteiger partial charge is 0.507 e. The Labute approximate surface area is 266 Å². The Morgan fingerprint density at radius 3 is 1.89 bits per heavy atom. The summed E-state index contributed by atoms with van der Waals surface area (Å²) in [5.41, 5.74) is 3.48. The lowest BCUT2D eigenvalue weighted by atomic mass is 10.1. The number of hydrogen-bond acceptors (Lipinski definition) is 9. The molecule has 5 rings (SSSR count). The van der Waals surface area contributed by atoms with E-state index < -0.39 is 0 Å². The van der Waals surface area contributed by atoms with Gasteiger partial charge in [0.1, 0.15) is 16.8 Å². The molecule has 0 saturated heterocycles. The van der Waals surface area contributed by atoms with Crippen molar-refractivity contribution in [2.24, 2.45) is 0 Å². The predicted molar refractivity (Wildman–Crippen MR) is 178 cm³/mol. The molecule has 44 heavy (non-hydrogen) atoms. The van der Waals surface area contributed by atoms with Crippen molar-refractivity contribution in [3.05, 3.63) is 60.7 Å². The van der Waals surface area contributed by atoms with E-state index >= 15 is 0 Å². The molecule has 0 fully saturated rings. The number of benzene rings is 3. The number of carbonyl (C=O) groups excluding carboxylic acids is 1. The Morgan fingerprint density at radius 1 is 0.750 bits per heavy atom. The maximum absolute atomic E-state index is 12.6. The summed E-state index contributed by atoms with van der Waals surface area (Å²) in [7, 11) is 0. The van der Waals surface area contributed by atoms with E-state index in [9.17, 15) is 9.90 Å². The van der Waals surface area contributed by atoms with Crippen LogP contribution in [0.2, 0.25) is 0 Å². The van der Waals surface area contributed by atoms with Gasteiger partial charge in [-0.15, -0.1) is 0 Å². The number of nitrogens with zero attached hydrogens (tertiary/aromatic N) is 2. The number of fused-ring (bicyclic) bond motifs is 2. The number of carbonyl (C=O) groups is 1. The van der Waals surface area contributed by atoms with Crippen LogP contribution in [0.15, 0.2) is 89.7 Å². The van der Waals surface area contributed by atoms with Crippen molar-refractivity contribution in [2.45, 2.75) is 91.4 Å². The molecule has 2 aromatic heterocycles. The SMILES string of the molecule is CCCCCCCCCCCCNC(=O)CNc1cc(O)c(Sc2nc3ccccc3o2)cc1Sc1nc2ccccc2o1. The normalized spacial score (nSPS) is 11.4. The Morgan fingerprint density at radius 2 is 1.30 bits per heavy atom. The van der Waals surface area contributed by atoms with Gasteiger partial charge in [-0.1, -0.05) is 89.0 Å². The highest BCUT2D eigenvalue weighted by Crippen LogP contribution is 2.43. The van der Waals surface area contributed by atoms with Gasteiger partial charge in [0.2, 0.25) is 5.91 Å². The third-order valence-corrected chi connectivity index (χ3v) is 9.10. The Balaban J connectivity index is 1.18. The van der Waals surface area contributed by atoms with Crippen LogP contribution in [0, 0.1) is 0 Å². The number of unbranched alkanes of at least 4 members (excludes halogenated alkanes) is 9. The summed E-state index contributed by atoms with van der Waals surface area (Å²) in [6, 6.07) is 18.6. The Hall–Kier alpha value is -3.63. The molecule has 0 radical (unpaired) electrons. The highest BCUT2D eigenvalue weighted by Gasteiger charge is 2.18. The van der Waals surface area contributed by atoms with Crippen molar-refractivity contribution < 1.29 is 18.7 Å². The van der Waals surface area contributed by atoms with Crippen molar-refractivity contribution in [2.75, 3.05) is 18.4 Å². The zero-order valence-electron chi connectivity index (χ0n) is 25.1. The Kier molecular flexibility index (Phi) is 11.9. The molecule has 5 aromatic rings. The predicted octanol–water partition coefficient (Wildman–Crippen LogP) is 9.43. The zero-order valence-corrected chi connectivity index (χ0v) is 26.8. The van der Waals surface area contributed by atoms with Gasteiger partial charge in [-0.3, -0.25) is 4.79 Å². The Bertz CT molecular complexity index is 1590. The van der Waals surface area contributed by atoms with E-state index in [1.807, 2.05) is 54.6 Å². The third kappa shape index (κ3) is 9.19. The molecule has 8 nitrogen and oxygen atoms in total. The molecule has 232 valence electrons. The summed E-state index contributed by atoms with van der Waals surface area (Å²) >= 11 is 2.55. The van der Waals surface area contributed by atoms with Gasteiger partial charge in [-0.25, -0.2) is 9.97 Å². The molecule has 0 aliphatic carbocycles. The van der Waals surface area contributed by atoms with E-state index in [0.29, 0.717) is 38.7 Å². The van der Waals surface area contributed by atoms with E-state index in [2.05, 4.69) is 27.5 Å². The highest BCUT2D eigenvalue weighted by atomic mass is 32.2. The molecule has 1 amide bonds. The fourth-order valence-electron chi connectivity index (χ4n) is 4.91. The van der Waals surface area contributed by atoms with Crippen LogP contribution in [0.4, 0.5) is 5.69 Å². The lowest BCUT2D eigenvalue weighted by molar-refractivity contribution is -0.119. The number of phenolic OH excluding ortho intramolecular Hbond substituents is 1. The van der Waals surface area contributed by atoms with Crippen molar-refractivity contribution in [3.63, 3.8) is 0 Å². The summed E-state index contributed by atoms with van der Waals surface area (Å²) in [5.74, 6) is -0.0457. The lowest BCUT2D eigenvalue weighted by Gasteiger charge is -2.13. The number of nitrogens with one attached hydrogen (secondary N) is 2. The number of oxazole rings is 2. The summed E-state index contributed by atoms with van der Waals surface area (Å²) in [6.07, 6.45) is 12.6. The second-order valence-electron chi connectivity index (χ2n) is 10.8. The molecule has 0 spiro atoms. The van der Waals surface area contributed by atoms with Gasteiger partial charge in [0, 0.05) is 17.5 Å². The van der Waals surface area contributed by atoms with Crippen molar-refractivity contribution in [1.82, 2.24) is 15.3 Å². The molecular formula is C34H40N4O4S2. The standard InChI is InChI=1S/C34H40N4O4S2/c1-2-3-4-5-6-7-8-9-10-15-20-35-32(40)23-36-26-21-27(39)31(44-34-38-25-17-12-14-19-29(25)42-34)22-30(26)43-33-37-24-16-11-13-18-28(24)41-33/h11-14,16-19,21-22,36,39H,2-10,15,20,23H2,1H3,(H,35,40). The number of anilines is 1. The van der Waals surface area contributed by atoms with Gasteiger partial charge >= 0.3 is 0 Å². The van der Waals surface area contributed by atoms with Crippen LogP contribution >= 0.6 is 23.5 Å². The maximum atomic E-state index is 12.6. The van der Waals surface area contributed by atoms with E-state index in [4.69, 9.17) is 8.83 Å². The fraction of sp³-hybridized carbons (Fsp3) is 0.382. The summed E-state index contributed by atoms with van der Waals surface area (Å²) < 4.78 is 11.8. The van der Waals surface area contributed by atoms with Crippen molar-refractivity contribution >= 4 is 57.3 Å². The summed E-state index contributed by atoms with van der Waals surface area (Å²) in [4.78, 5) is 23.1. The summed E-state index contributed by atoms with van der Waals surface area (Å²) in [5, 5.41) is 18.0. The minimum atomic E-state index is -0.0943. The van der Waals surface area contributed by atoms with Crippen LogP contribution in [0.1, 0.15) is 71.1 Å². The molecule has 2 heterocycles. The number of hydrogen-bond donors (Lipinski definition) is 3. The smallest absolute Gasteiger partial charge is 0.261 e. The minimum absolute atomic E-state index is 0.0486. The average Bonchev–Trinajstić information content (AvgIpc) is 3.63.